The van der Waals surface area contributed by atoms with Gasteiger partial charge >= 0.3 is 5.97 Å². The third-order valence-corrected chi connectivity index (χ3v) is 17.5. The normalized spacial score (nSPS) is 23.2. The highest BCUT2D eigenvalue weighted by molar-refractivity contribution is 6.99. The average molecular weight is 917 g/mol. The fourth-order valence-corrected chi connectivity index (χ4v) is 13.6. The first-order chi connectivity index (χ1) is 32.2. The molecule has 7 rings (SSSR count). The maximum atomic E-state index is 13.7. The summed E-state index contributed by atoms with van der Waals surface area (Å²) in [4.78, 5) is 13.7. The topological polar surface area (TPSA) is 111 Å². The summed E-state index contributed by atoms with van der Waals surface area (Å²) in [5, 5.41) is 14.1. The van der Waals surface area contributed by atoms with E-state index in [-0.39, 0.29) is 31.5 Å². The van der Waals surface area contributed by atoms with Crippen LogP contribution in [0.5, 0.6) is 0 Å². The van der Waals surface area contributed by atoms with Gasteiger partial charge in [0.05, 0.1) is 32.0 Å². The number of aliphatic hydroxyl groups excluding tert-OH is 1. The Morgan fingerprint density at radius 2 is 1.05 bits per heavy atom. The molecule has 5 aromatic carbocycles. The second-order valence-corrected chi connectivity index (χ2v) is 22.6. The third kappa shape index (κ3) is 12.7. The molecule has 0 amide bonds. The fraction of sp³-hybridized carbons (Fsp3) is 0.436. The Hall–Kier alpha value is -4.53. The van der Waals surface area contributed by atoms with E-state index in [0.29, 0.717) is 12.2 Å². The van der Waals surface area contributed by atoms with Crippen molar-refractivity contribution in [1.82, 2.24) is 0 Å². The second kappa shape index (κ2) is 24.5. The van der Waals surface area contributed by atoms with Crippen molar-refractivity contribution >= 4 is 24.7 Å². The molecule has 2 fully saturated rings. The number of benzene rings is 5. The quantitative estimate of drug-likeness (QED) is 0.0366. The molecule has 0 saturated carbocycles. The fourth-order valence-electron chi connectivity index (χ4n) is 9.01. The van der Waals surface area contributed by atoms with E-state index in [2.05, 4.69) is 76.2 Å². The molecular formula is C55H68O10Si. The van der Waals surface area contributed by atoms with Gasteiger partial charge in [0.25, 0.3) is 8.32 Å². The van der Waals surface area contributed by atoms with Gasteiger partial charge in [0.15, 0.2) is 18.7 Å². The molecule has 1 N–H and O–H groups in total. The second-order valence-electron chi connectivity index (χ2n) is 18.3. The molecule has 0 unspecified atom stereocenters. The summed E-state index contributed by atoms with van der Waals surface area (Å²) < 4.78 is 52.9. The van der Waals surface area contributed by atoms with Crippen LogP contribution in [0.2, 0.25) is 5.04 Å². The number of ether oxygens (including phenoxy) is 7. The van der Waals surface area contributed by atoms with Gasteiger partial charge in [-0.15, -0.1) is 0 Å². The zero-order chi connectivity index (χ0) is 46.2. The molecule has 0 spiro atoms. The van der Waals surface area contributed by atoms with Gasteiger partial charge in [-0.05, 0) is 45.1 Å². The van der Waals surface area contributed by atoms with Gasteiger partial charge in [-0.25, -0.2) is 4.79 Å². The zero-order valence-corrected chi connectivity index (χ0v) is 40.0. The van der Waals surface area contributed by atoms with Gasteiger partial charge in [-0.3, -0.25) is 0 Å². The number of aliphatic hydroxyl groups is 1. The third-order valence-electron chi connectivity index (χ3n) is 12.5. The lowest BCUT2D eigenvalue weighted by molar-refractivity contribution is -0.206. The summed E-state index contributed by atoms with van der Waals surface area (Å²) in [6.07, 6.45) is -0.621. The maximum absolute atomic E-state index is 13.7. The summed E-state index contributed by atoms with van der Waals surface area (Å²) in [6.45, 7) is 9.87. The highest BCUT2D eigenvalue weighted by Crippen LogP contribution is 2.38. The predicted octanol–water partition coefficient (Wildman–Crippen LogP) is 9.16. The lowest BCUT2D eigenvalue weighted by Gasteiger charge is -2.43. The lowest BCUT2D eigenvalue weighted by atomic mass is 10.1. The van der Waals surface area contributed by atoms with E-state index >= 15 is 0 Å². The van der Waals surface area contributed by atoms with Crippen LogP contribution in [0.25, 0.3) is 0 Å². The van der Waals surface area contributed by atoms with Crippen molar-refractivity contribution in [3.8, 4) is 0 Å². The monoisotopic (exact) mass is 916 g/mol. The first-order valence-electron chi connectivity index (χ1n) is 23.7. The molecule has 0 bridgehead atoms. The van der Waals surface area contributed by atoms with Crippen LogP contribution in [-0.4, -0.2) is 88.4 Å². The lowest BCUT2D eigenvalue weighted by Crippen LogP contribution is -2.67. The van der Waals surface area contributed by atoms with Gasteiger partial charge in [-0.1, -0.05) is 199 Å². The van der Waals surface area contributed by atoms with Crippen LogP contribution in [0.4, 0.5) is 0 Å². The van der Waals surface area contributed by atoms with E-state index in [4.69, 9.17) is 37.6 Å². The summed E-state index contributed by atoms with van der Waals surface area (Å²) in [5.41, 5.74) is 2.31. The molecule has 2 aliphatic rings. The van der Waals surface area contributed by atoms with Crippen molar-refractivity contribution in [2.45, 2.75) is 134 Å². The summed E-state index contributed by atoms with van der Waals surface area (Å²) in [5.74, 6) is -0.510. The van der Waals surface area contributed by atoms with E-state index in [1.54, 1.807) is 24.3 Å². The van der Waals surface area contributed by atoms with Crippen LogP contribution < -0.4 is 10.4 Å². The van der Waals surface area contributed by atoms with Crippen molar-refractivity contribution in [2.24, 2.45) is 0 Å². The molecule has 10 nitrogen and oxygen atoms in total. The van der Waals surface area contributed by atoms with Gasteiger partial charge in [0.1, 0.15) is 30.5 Å². The Morgan fingerprint density at radius 3 is 1.61 bits per heavy atom. The Kier molecular flexibility index (Phi) is 18.3. The highest BCUT2D eigenvalue weighted by Gasteiger charge is 2.54. The average Bonchev–Trinajstić information content (AvgIpc) is 3.83. The number of hydrogen-bond donors (Lipinski definition) is 1. The molecule has 0 radical (unpaired) electrons. The molecule has 2 aliphatic heterocycles. The maximum Gasteiger partial charge on any atom is 0.338 e. The van der Waals surface area contributed by atoms with E-state index < -0.39 is 63.5 Å². The molecule has 8 atom stereocenters. The SMILES string of the molecule is CCCCCCCCO[C@H]1O[C@H](CO[C@@H]2O[C@H](CO[Si](c3ccccc3)(c3ccccc3)C(C)(C)C)[C@@H](OCc3ccccc3)[C@@H]2O)[C@@H](OCc2ccccc2)[C@@H]1OC(=O)c1ccccc1. The van der Waals surface area contributed by atoms with Crippen LogP contribution >= 0.6 is 0 Å². The Balaban J connectivity index is 1.13. The molecule has 5 aromatic rings. The van der Waals surface area contributed by atoms with Crippen molar-refractivity contribution in [2.75, 3.05) is 19.8 Å². The smallest absolute Gasteiger partial charge is 0.338 e. The zero-order valence-electron chi connectivity index (χ0n) is 39.0. The minimum Gasteiger partial charge on any atom is -0.450 e. The number of unbranched alkanes of at least 4 members (excludes halogenated alkanes) is 5. The molecule has 352 valence electrons. The first-order valence-corrected chi connectivity index (χ1v) is 25.6. The van der Waals surface area contributed by atoms with Gasteiger partial charge < -0.3 is 42.7 Å². The molecule has 11 heteroatoms. The van der Waals surface area contributed by atoms with E-state index in [9.17, 15) is 9.90 Å². The first kappa shape index (κ1) is 49.4. The molecule has 2 saturated heterocycles. The minimum absolute atomic E-state index is 0.0643. The van der Waals surface area contributed by atoms with Crippen LogP contribution in [0.3, 0.4) is 0 Å². The van der Waals surface area contributed by atoms with Gasteiger partial charge in [0.2, 0.25) is 0 Å². The van der Waals surface area contributed by atoms with Crippen molar-refractivity contribution in [3.05, 3.63) is 168 Å². The van der Waals surface area contributed by atoms with Crippen LogP contribution in [0.15, 0.2) is 152 Å². The number of hydrogen-bond acceptors (Lipinski definition) is 10. The Labute approximate surface area is 392 Å². The minimum atomic E-state index is -2.99. The van der Waals surface area contributed by atoms with Crippen LogP contribution in [0.1, 0.15) is 87.7 Å². The van der Waals surface area contributed by atoms with Gasteiger partial charge in [0, 0.05) is 6.61 Å². The molecule has 0 aliphatic carbocycles. The number of rotatable bonds is 24. The Morgan fingerprint density at radius 1 is 0.561 bits per heavy atom. The summed E-state index contributed by atoms with van der Waals surface area (Å²) in [7, 11) is -2.99. The Bertz CT molecular complexity index is 2100. The van der Waals surface area contributed by atoms with Crippen molar-refractivity contribution < 1.29 is 47.5 Å². The molecule has 0 aromatic heterocycles. The largest absolute Gasteiger partial charge is 0.450 e. The van der Waals surface area contributed by atoms with E-state index in [0.717, 1.165) is 40.8 Å². The molecule has 66 heavy (non-hydrogen) atoms. The molecule has 2 heterocycles. The molecular weight excluding hydrogens is 849 g/mol. The van der Waals surface area contributed by atoms with Crippen LogP contribution in [0, 0.1) is 0 Å². The summed E-state index contributed by atoms with van der Waals surface area (Å²) in [6, 6.07) is 49.4. The van der Waals surface area contributed by atoms with Crippen LogP contribution in [-0.2, 0) is 50.8 Å². The van der Waals surface area contributed by atoms with E-state index in [1.807, 2.05) is 78.9 Å². The highest BCUT2D eigenvalue weighted by atomic mass is 28.4. The number of carbonyl (C=O) groups excluding carboxylic acids is 1. The van der Waals surface area contributed by atoms with Gasteiger partial charge in [-0.2, -0.15) is 0 Å². The van der Waals surface area contributed by atoms with E-state index in [1.165, 1.54) is 19.3 Å². The number of esters is 1. The standard InChI is InChI=1S/C55H68O10Si/c1-5-6-7-8-9-25-36-58-54-51(65-52(57)43-30-19-12-20-31-43)50(60-38-42-28-17-11-18-29-42)46(64-54)39-61-53-48(56)49(59-37-41-26-15-10-16-27-41)47(63-53)40-62-66(55(2,3)4,44-32-21-13-22-33-44)45-34-23-14-24-35-45/h10-24,26-35,46-51,53-54,56H,5-9,25,36-40H2,1-4H3/t46-,47-,48+,49-,50-,51+,53-,54+/m1/s1. The number of carbonyl (C=O) groups is 1. The van der Waals surface area contributed by atoms with Crippen molar-refractivity contribution in [1.29, 1.82) is 0 Å². The predicted molar refractivity (Wildman–Crippen MR) is 258 cm³/mol. The summed E-state index contributed by atoms with van der Waals surface area (Å²) >= 11 is 0. The van der Waals surface area contributed by atoms with Crippen molar-refractivity contribution in [3.63, 3.8) is 0 Å².